The molecule has 5 heteroatoms. The summed E-state index contributed by atoms with van der Waals surface area (Å²) in [6, 6.07) is 0. The van der Waals surface area contributed by atoms with Gasteiger partial charge in [-0.05, 0) is 19.3 Å². The minimum absolute atomic E-state index is 0.315. The van der Waals surface area contributed by atoms with Gasteiger partial charge >= 0.3 is 5.97 Å². The molecular formula is C15H30O5. The minimum atomic E-state index is -1.76. The molecule has 0 amide bonds. The van der Waals surface area contributed by atoms with Gasteiger partial charge in [0.1, 0.15) is 11.7 Å². The summed E-state index contributed by atoms with van der Waals surface area (Å²) in [6.45, 7) is 2.84. The van der Waals surface area contributed by atoms with Gasteiger partial charge in [-0.1, -0.05) is 39.5 Å². The van der Waals surface area contributed by atoms with Crippen LogP contribution in [0.2, 0.25) is 0 Å². The molecule has 0 spiro atoms. The molecule has 20 heavy (non-hydrogen) atoms. The molecule has 0 heterocycles. The fraction of sp³-hybridized carbons (Fsp3) is 0.933. The van der Waals surface area contributed by atoms with E-state index in [-0.39, 0.29) is 5.97 Å². The molecule has 0 fully saturated rings. The summed E-state index contributed by atoms with van der Waals surface area (Å²) in [5.74, 6) is -0.373. The molecule has 0 aliphatic heterocycles. The highest BCUT2D eigenvalue weighted by atomic mass is 16.6. The molecule has 0 saturated heterocycles. The monoisotopic (exact) mass is 290 g/mol. The van der Waals surface area contributed by atoms with Crippen LogP contribution in [0.25, 0.3) is 0 Å². The SMILES string of the molecule is CCCCCCC(=O)OC(CCCC)C(O)(CO)CO. The van der Waals surface area contributed by atoms with E-state index in [0.717, 1.165) is 38.5 Å². The lowest BCUT2D eigenvalue weighted by molar-refractivity contribution is -0.179. The largest absolute Gasteiger partial charge is 0.459 e. The Labute approximate surface area is 122 Å². The fourth-order valence-electron chi connectivity index (χ4n) is 1.99. The van der Waals surface area contributed by atoms with Crippen molar-refractivity contribution in [2.24, 2.45) is 0 Å². The van der Waals surface area contributed by atoms with Crippen LogP contribution in [0.4, 0.5) is 0 Å². The summed E-state index contributed by atoms with van der Waals surface area (Å²) in [6.07, 6.45) is 5.49. The normalized spacial score (nSPS) is 13.2. The summed E-state index contributed by atoms with van der Waals surface area (Å²) in [7, 11) is 0. The van der Waals surface area contributed by atoms with Crippen molar-refractivity contribution in [2.45, 2.75) is 76.9 Å². The van der Waals surface area contributed by atoms with Gasteiger partial charge in [0.25, 0.3) is 0 Å². The number of hydrogen-bond donors (Lipinski definition) is 3. The smallest absolute Gasteiger partial charge is 0.306 e. The zero-order valence-electron chi connectivity index (χ0n) is 12.8. The molecule has 120 valence electrons. The Kier molecular flexibility index (Phi) is 10.7. The molecule has 3 N–H and O–H groups in total. The number of ether oxygens (including phenoxy) is 1. The van der Waals surface area contributed by atoms with Crippen LogP contribution in [0.15, 0.2) is 0 Å². The highest BCUT2D eigenvalue weighted by Gasteiger charge is 2.38. The summed E-state index contributed by atoms with van der Waals surface area (Å²) < 4.78 is 5.27. The van der Waals surface area contributed by atoms with Crippen molar-refractivity contribution >= 4 is 5.97 Å². The van der Waals surface area contributed by atoms with E-state index in [1.165, 1.54) is 0 Å². The molecule has 0 aliphatic carbocycles. The molecule has 0 aromatic carbocycles. The summed E-state index contributed by atoms with van der Waals surface area (Å²) in [5, 5.41) is 28.5. The van der Waals surface area contributed by atoms with Gasteiger partial charge in [0.15, 0.2) is 0 Å². The molecular weight excluding hydrogens is 260 g/mol. The topological polar surface area (TPSA) is 87.0 Å². The van der Waals surface area contributed by atoms with Gasteiger partial charge in [0.2, 0.25) is 0 Å². The number of esters is 1. The molecule has 5 nitrogen and oxygen atoms in total. The fourth-order valence-corrected chi connectivity index (χ4v) is 1.99. The van der Waals surface area contributed by atoms with Gasteiger partial charge in [-0.25, -0.2) is 0 Å². The highest BCUT2D eigenvalue weighted by Crippen LogP contribution is 2.20. The van der Waals surface area contributed by atoms with E-state index in [0.29, 0.717) is 12.8 Å². The third-order valence-corrected chi connectivity index (χ3v) is 3.47. The first kappa shape index (κ1) is 19.4. The van der Waals surface area contributed by atoms with Crippen LogP contribution < -0.4 is 0 Å². The number of hydrogen-bond acceptors (Lipinski definition) is 5. The van der Waals surface area contributed by atoms with Crippen LogP contribution in [-0.4, -0.2) is 46.2 Å². The molecule has 0 rings (SSSR count). The average Bonchev–Trinajstić information content (AvgIpc) is 2.47. The lowest BCUT2D eigenvalue weighted by Crippen LogP contribution is -2.51. The van der Waals surface area contributed by atoms with Crippen LogP contribution in [0.5, 0.6) is 0 Å². The van der Waals surface area contributed by atoms with Crippen molar-refractivity contribution in [3.05, 3.63) is 0 Å². The Hall–Kier alpha value is -0.650. The third kappa shape index (κ3) is 7.22. The molecule has 0 aliphatic rings. The van der Waals surface area contributed by atoms with Gasteiger partial charge < -0.3 is 20.1 Å². The lowest BCUT2D eigenvalue weighted by Gasteiger charge is -2.32. The first-order chi connectivity index (χ1) is 9.53. The zero-order valence-corrected chi connectivity index (χ0v) is 12.8. The Morgan fingerprint density at radius 2 is 1.65 bits per heavy atom. The van der Waals surface area contributed by atoms with Crippen molar-refractivity contribution in [1.82, 2.24) is 0 Å². The Balaban J connectivity index is 4.37. The van der Waals surface area contributed by atoms with E-state index >= 15 is 0 Å². The van der Waals surface area contributed by atoms with Crippen molar-refractivity contribution in [2.75, 3.05) is 13.2 Å². The molecule has 0 saturated carbocycles. The van der Waals surface area contributed by atoms with Crippen LogP contribution in [-0.2, 0) is 9.53 Å². The first-order valence-corrected chi connectivity index (χ1v) is 7.67. The van der Waals surface area contributed by atoms with Crippen LogP contribution >= 0.6 is 0 Å². The number of unbranched alkanes of at least 4 members (excludes halogenated alkanes) is 4. The van der Waals surface area contributed by atoms with E-state index in [2.05, 4.69) is 6.92 Å². The second kappa shape index (κ2) is 11.1. The van der Waals surface area contributed by atoms with Crippen LogP contribution in [0, 0.1) is 0 Å². The summed E-state index contributed by atoms with van der Waals surface area (Å²) in [4.78, 5) is 11.8. The van der Waals surface area contributed by atoms with Crippen molar-refractivity contribution < 1.29 is 24.9 Å². The Bertz CT molecular complexity index is 251. The quantitative estimate of drug-likeness (QED) is 0.377. The Morgan fingerprint density at radius 3 is 2.15 bits per heavy atom. The molecule has 1 unspecified atom stereocenters. The Morgan fingerprint density at radius 1 is 1.05 bits per heavy atom. The number of carbonyl (C=O) groups excluding carboxylic acids is 1. The van der Waals surface area contributed by atoms with E-state index in [9.17, 15) is 20.1 Å². The maximum Gasteiger partial charge on any atom is 0.306 e. The van der Waals surface area contributed by atoms with Gasteiger partial charge in [-0.15, -0.1) is 0 Å². The van der Waals surface area contributed by atoms with Crippen molar-refractivity contribution in [3.8, 4) is 0 Å². The summed E-state index contributed by atoms with van der Waals surface area (Å²) >= 11 is 0. The minimum Gasteiger partial charge on any atom is -0.459 e. The molecule has 0 aromatic heterocycles. The van der Waals surface area contributed by atoms with E-state index in [1.807, 2.05) is 6.92 Å². The average molecular weight is 290 g/mol. The number of carbonyl (C=O) groups is 1. The first-order valence-electron chi connectivity index (χ1n) is 7.67. The second-order valence-electron chi connectivity index (χ2n) is 5.35. The number of aliphatic hydroxyl groups is 3. The van der Waals surface area contributed by atoms with E-state index < -0.39 is 24.9 Å². The molecule has 0 bridgehead atoms. The van der Waals surface area contributed by atoms with Crippen LogP contribution in [0.1, 0.15) is 65.2 Å². The summed E-state index contributed by atoms with van der Waals surface area (Å²) in [5.41, 5.74) is -1.76. The molecule has 0 aromatic rings. The lowest BCUT2D eigenvalue weighted by atomic mass is 9.94. The van der Waals surface area contributed by atoms with Crippen molar-refractivity contribution in [3.63, 3.8) is 0 Å². The van der Waals surface area contributed by atoms with Gasteiger partial charge in [-0.3, -0.25) is 4.79 Å². The molecule has 0 radical (unpaired) electrons. The standard InChI is InChI=1S/C15H30O5/c1-3-5-7-8-10-14(18)20-13(9-6-4-2)15(19,11-16)12-17/h13,16-17,19H,3-12H2,1-2H3. The van der Waals surface area contributed by atoms with E-state index in [1.54, 1.807) is 0 Å². The van der Waals surface area contributed by atoms with Gasteiger partial charge in [-0.2, -0.15) is 0 Å². The van der Waals surface area contributed by atoms with Crippen LogP contribution in [0.3, 0.4) is 0 Å². The second-order valence-corrected chi connectivity index (χ2v) is 5.35. The highest BCUT2D eigenvalue weighted by molar-refractivity contribution is 5.69. The maximum atomic E-state index is 11.8. The van der Waals surface area contributed by atoms with Gasteiger partial charge in [0.05, 0.1) is 13.2 Å². The zero-order chi connectivity index (χ0) is 15.4. The van der Waals surface area contributed by atoms with Gasteiger partial charge in [0, 0.05) is 6.42 Å². The number of aliphatic hydroxyl groups excluding tert-OH is 2. The van der Waals surface area contributed by atoms with Crippen molar-refractivity contribution in [1.29, 1.82) is 0 Å². The predicted octanol–water partition coefficient (Wildman–Crippen LogP) is 1.77. The predicted molar refractivity (Wildman–Crippen MR) is 77.3 cm³/mol. The maximum absolute atomic E-state index is 11.8. The third-order valence-electron chi connectivity index (χ3n) is 3.47. The molecule has 1 atom stereocenters. The van der Waals surface area contributed by atoms with E-state index in [4.69, 9.17) is 4.74 Å². The number of rotatable bonds is 12.